The highest BCUT2D eigenvalue weighted by molar-refractivity contribution is 5.53. The third-order valence-corrected chi connectivity index (χ3v) is 9.08. The zero-order valence-electron chi connectivity index (χ0n) is 33.2. The van der Waals surface area contributed by atoms with Gasteiger partial charge in [-0.3, -0.25) is 0 Å². The Hall–Kier alpha value is -2.40. The van der Waals surface area contributed by atoms with Crippen molar-refractivity contribution in [1.82, 2.24) is 0 Å². The lowest BCUT2D eigenvalue weighted by Gasteiger charge is -2.30. The monoisotopic (exact) mass is 669 g/mol. The van der Waals surface area contributed by atoms with Crippen LogP contribution in [-0.2, 0) is 26.4 Å². The first-order valence-corrected chi connectivity index (χ1v) is 18.8. The molecule has 1 unspecified atom stereocenters. The summed E-state index contributed by atoms with van der Waals surface area (Å²) in [7, 11) is 0. The molecule has 0 heterocycles. The van der Waals surface area contributed by atoms with E-state index in [4.69, 9.17) is 14.2 Å². The zero-order chi connectivity index (χ0) is 36.3. The van der Waals surface area contributed by atoms with E-state index in [0.717, 1.165) is 28.7 Å². The molecule has 0 aliphatic carbocycles. The molecule has 2 rings (SSSR count). The summed E-state index contributed by atoms with van der Waals surface area (Å²) in [6.45, 7) is 28.9. The van der Waals surface area contributed by atoms with Crippen LogP contribution in [0.4, 0.5) is 0 Å². The zero-order valence-corrected chi connectivity index (χ0v) is 33.2. The Labute approximate surface area is 295 Å². The lowest BCUT2D eigenvalue weighted by atomic mass is 9.79. The molecule has 0 saturated carbocycles. The fraction of sp³-hybridized carbons (Fsp3) is 0.721. The molecule has 0 aliphatic rings. The van der Waals surface area contributed by atoms with E-state index in [9.17, 15) is 10.2 Å². The summed E-state index contributed by atoms with van der Waals surface area (Å²) < 4.78 is 19.4. The second kappa shape index (κ2) is 18.0. The average Bonchev–Trinajstić information content (AvgIpc) is 2.95. The van der Waals surface area contributed by atoms with Crippen LogP contribution < -0.4 is 9.47 Å². The van der Waals surface area contributed by atoms with Crippen molar-refractivity contribution in [1.29, 1.82) is 0 Å². The minimum Gasteiger partial charge on any atom is -0.507 e. The average molecular weight is 669 g/mol. The topological polar surface area (TPSA) is 68.2 Å². The molecule has 48 heavy (non-hydrogen) atoms. The van der Waals surface area contributed by atoms with Gasteiger partial charge >= 0.3 is 0 Å². The van der Waals surface area contributed by atoms with Crippen LogP contribution in [0.5, 0.6) is 23.0 Å². The molecule has 0 saturated heterocycles. The number of ether oxygens (including phenoxy) is 3. The van der Waals surface area contributed by atoms with Gasteiger partial charge in [0.2, 0.25) is 0 Å². The van der Waals surface area contributed by atoms with Gasteiger partial charge in [0, 0.05) is 28.9 Å². The van der Waals surface area contributed by atoms with E-state index in [1.165, 1.54) is 57.8 Å². The van der Waals surface area contributed by atoms with Crippen LogP contribution in [0.15, 0.2) is 24.3 Å². The highest BCUT2D eigenvalue weighted by Gasteiger charge is 2.29. The number of phenolic OH excluding ortho intramolecular Hbond substituents is 2. The Bertz CT molecular complexity index is 1180. The molecule has 274 valence electrons. The van der Waals surface area contributed by atoms with Crippen LogP contribution in [0, 0.1) is 0 Å². The Morgan fingerprint density at radius 2 is 0.854 bits per heavy atom. The van der Waals surface area contributed by atoms with Crippen LogP contribution in [0.2, 0.25) is 0 Å². The third kappa shape index (κ3) is 13.5. The van der Waals surface area contributed by atoms with Crippen molar-refractivity contribution >= 4 is 0 Å². The third-order valence-electron chi connectivity index (χ3n) is 9.08. The highest BCUT2D eigenvalue weighted by atomic mass is 16.6. The minimum absolute atomic E-state index is 0.254. The number of hydrogen-bond acceptors (Lipinski definition) is 5. The SMILES string of the molecule is CCCCCCCCCCCCOCC(COc1cc(C(C)(C)C)c(O)c(C(C)(C)C)c1)Oc1cc(C(C)(C)C)c(O)c(C(C)(C)C)c1. The molecule has 2 N–H and O–H groups in total. The molecule has 0 aromatic heterocycles. The van der Waals surface area contributed by atoms with Crippen LogP contribution in [0.25, 0.3) is 0 Å². The minimum atomic E-state index is -0.372. The van der Waals surface area contributed by atoms with Gasteiger partial charge in [-0.25, -0.2) is 0 Å². The Balaban J connectivity index is 2.24. The number of benzene rings is 2. The fourth-order valence-corrected chi connectivity index (χ4v) is 6.06. The van der Waals surface area contributed by atoms with E-state index in [0.29, 0.717) is 36.2 Å². The van der Waals surface area contributed by atoms with E-state index < -0.39 is 0 Å². The van der Waals surface area contributed by atoms with Crippen LogP contribution in [0.3, 0.4) is 0 Å². The number of phenols is 2. The molecule has 0 amide bonds. The molecule has 0 radical (unpaired) electrons. The first kappa shape index (κ1) is 41.8. The second-order valence-corrected chi connectivity index (χ2v) is 18.0. The van der Waals surface area contributed by atoms with Gasteiger partial charge < -0.3 is 24.4 Å². The maximum absolute atomic E-state index is 11.3. The van der Waals surface area contributed by atoms with Crippen LogP contribution in [0.1, 0.15) is 176 Å². The van der Waals surface area contributed by atoms with Gasteiger partial charge in [0.25, 0.3) is 0 Å². The van der Waals surface area contributed by atoms with Gasteiger partial charge in [-0.15, -0.1) is 0 Å². The highest BCUT2D eigenvalue weighted by Crippen LogP contribution is 2.43. The number of rotatable bonds is 18. The maximum atomic E-state index is 11.3. The summed E-state index contributed by atoms with van der Waals surface area (Å²) in [4.78, 5) is 0. The van der Waals surface area contributed by atoms with Crippen LogP contribution in [-0.4, -0.2) is 36.1 Å². The maximum Gasteiger partial charge on any atom is 0.156 e. The standard InChI is InChI=1S/C43H72O5/c1-14-15-16-17-18-19-20-21-22-23-24-46-29-33(48-32-27-36(42(8,9)10)39(45)37(28-32)43(11,12)13)30-47-31-25-34(40(2,3)4)38(44)35(26-31)41(5,6)7/h25-28,33,44-45H,14-24,29-30H2,1-13H3. The fourth-order valence-electron chi connectivity index (χ4n) is 6.06. The van der Waals surface area contributed by atoms with E-state index in [1.807, 2.05) is 24.3 Å². The van der Waals surface area contributed by atoms with Gasteiger partial charge in [-0.2, -0.15) is 0 Å². The Kier molecular flexibility index (Phi) is 15.7. The molecule has 5 heteroatoms. The smallest absolute Gasteiger partial charge is 0.156 e. The van der Waals surface area contributed by atoms with Crippen molar-refractivity contribution in [3.8, 4) is 23.0 Å². The van der Waals surface area contributed by atoms with Crippen molar-refractivity contribution in [2.24, 2.45) is 0 Å². The number of hydrogen-bond donors (Lipinski definition) is 2. The van der Waals surface area contributed by atoms with Gasteiger partial charge in [-0.1, -0.05) is 148 Å². The summed E-state index contributed by atoms with van der Waals surface area (Å²) >= 11 is 0. The molecule has 0 bridgehead atoms. The predicted molar refractivity (Wildman–Crippen MR) is 204 cm³/mol. The van der Waals surface area contributed by atoms with E-state index >= 15 is 0 Å². The van der Waals surface area contributed by atoms with Crippen molar-refractivity contribution in [3.05, 3.63) is 46.5 Å². The van der Waals surface area contributed by atoms with Gasteiger partial charge in [-0.05, 0) is 52.3 Å². The first-order chi connectivity index (χ1) is 22.2. The molecule has 0 fully saturated rings. The van der Waals surface area contributed by atoms with Crippen LogP contribution >= 0.6 is 0 Å². The van der Waals surface area contributed by atoms with E-state index in [1.54, 1.807) is 0 Å². The molecule has 5 nitrogen and oxygen atoms in total. The van der Waals surface area contributed by atoms with E-state index in [2.05, 4.69) is 90.0 Å². The van der Waals surface area contributed by atoms with Gasteiger partial charge in [0.05, 0.1) is 6.61 Å². The molecular weight excluding hydrogens is 596 g/mol. The summed E-state index contributed by atoms with van der Waals surface area (Å²) in [6, 6.07) is 7.86. The lowest BCUT2D eigenvalue weighted by molar-refractivity contribution is 0.0242. The first-order valence-electron chi connectivity index (χ1n) is 18.8. The van der Waals surface area contributed by atoms with Gasteiger partial charge in [0.1, 0.15) is 29.6 Å². The molecule has 2 aromatic carbocycles. The number of unbranched alkanes of at least 4 members (excludes halogenated alkanes) is 9. The molecular formula is C43H72O5. The summed E-state index contributed by atoms with van der Waals surface area (Å²) in [5.41, 5.74) is 2.41. The van der Waals surface area contributed by atoms with Gasteiger partial charge in [0.15, 0.2) is 6.10 Å². The Morgan fingerprint density at radius 1 is 0.500 bits per heavy atom. The largest absolute Gasteiger partial charge is 0.507 e. The molecule has 0 aliphatic heterocycles. The Morgan fingerprint density at radius 3 is 1.23 bits per heavy atom. The molecule has 2 aromatic rings. The second-order valence-electron chi connectivity index (χ2n) is 18.0. The molecule has 0 spiro atoms. The van der Waals surface area contributed by atoms with Crippen molar-refractivity contribution < 1.29 is 24.4 Å². The predicted octanol–water partition coefficient (Wildman–Crippen LogP) is 12.1. The van der Waals surface area contributed by atoms with Crippen molar-refractivity contribution in [2.45, 2.75) is 182 Å². The van der Waals surface area contributed by atoms with E-state index in [-0.39, 0.29) is 34.4 Å². The molecule has 1 atom stereocenters. The van der Waals surface area contributed by atoms with Crippen molar-refractivity contribution in [3.63, 3.8) is 0 Å². The van der Waals surface area contributed by atoms with Crippen molar-refractivity contribution in [2.75, 3.05) is 19.8 Å². The summed E-state index contributed by atoms with van der Waals surface area (Å²) in [6.07, 6.45) is 12.5. The normalized spacial score (nSPS) is 13.5. The number of aromatic hydroxyl groups is 2. The lowest BCUT2D eigenvalue weighted by Crippen LogP contribution is -2.31. The quantitative estimate of drug-likeness (QED) is 0.155. The summed E-state index contributed by atoms with van der Waals surface area (Å²) in [5, 5.41) is 22.5. The summed E-state index contributed by atoms with van der Waals surface area (Å²) in [5.74, 6) is 2.09.